The monoisotopic (exact) mass is 332 g/mol. The first-order valence-corrected chi connectivity index (χ1v) is 7.70. The zero-order valence-corrected chi connectivity index (χ0v) is 13.1. The van der Waals surface area contributed by atoms with E-state index in [9.17, 15) is 4.79 Å². The van der Waals surface area contributed by atoms with Gasteiger partial charge in [0, 0.05) is 11.2 Å². The second kappa shape index (κ2) is 5.97. The highest BCUT2D eigenvalue weighted by atomic mass is 35.5. The lowest BCUT2D eigenvalue weighted by molar-refractivity contribution is -0.113. The third-order valence-electron chi connectivity index (χ3n) is 2.83. The van der Waals surface area contributed by atoms with Gasteiger partial charge in [-0.05, 0) is 36.4 Å². The number of hydrogen-bond donors (Lipinski definition) is 0. The van der Waals surface area contributed by atoms with E-state index >= 15 is 0 Å². The molecule has 0 aliphatic carbocycles. The van der Waals surface area contributed by atoms with Crippen molar-refractivity contribution in [2.45, 2.75) is 0 Å². The summed E-state index contributed by atoms with van der Waals surface area (Å²) in [6.07, 6.45) is 3.42. The van der Waals surface area contributed by atoms with Gasteiger partial charge in [-0.2, -0.15) is 0 Å². The van der Waals surface area contributed by atoms with Crippen LogP contribution in [-0.2, 0) is 4.79 Å². The molecular formula is C15H9ClN2OS2. The topological polar surface area (TPSA) is 33.2 Å². The fraction of sp³-hybridized carbons (Fsp3) is 0. The van der Waals surface area contributed by atoms with Crippen molar-refractivity contribution in [1.29, 1.82) is 0 Å². The van der Waals surface area contributed by atoms with Crippen LogP contribution in [-0.4, -0.2) is 15.2 Å². The van der Waals surface area contributed by atoms with Crippen LogP contribution in [0.5, 0.6) is 0 Å². The van der Waals surface area contributed by atoms with E-state index < -0.39 is 0 Å². The minimum absolute atomic E-state index is 0.155. The van der Waals surface area contributed by atoms with Gasteiger partial charge < -0.3 is 0 Å². The number of amides is 1. The van der Waals surface area contributed by atoms with Crippen LogP contribution in [0.15, 0.2) is 53.6 Å². The quantitative estimate of drug-likeness (QED) is 0.611. The van der Waals surface area contributed by atoms with Crippen LogP contribution in [0.4, 0.5) is 5.69 Å². The average molecular weight is 333 g/mol. The highest BCUT2D eigenvalue weighted by Gasteiger charge is 2.33. The highest BCUT2D eigenvalue weighted by Crippen LogP contribution is 2.36. The molecule has 104 valence electrons. The Balaban J connectivity index is 1.94. The van der Waals surface area contributed by atoms with Crippen LogP contribution in [0.1, 0.15) is 5.69 Å². The number of thiocarbonyl (C=S) groups is 1. The molecule has 2 heterocycles. The van der Waals surface area contributed by atoms with Crippen molar-refractivity contribution < 1.29 is 4.79 Å². The van der Waals surface area contributed by atoms with Gasteiger partial charge in [-0.25, -0.2) is 0 Å². The number of pyridine rings is 1. The number of halogens is 1. The van der Waals surface area contributed by atoms with Crippen molar-refractivity contribution >= 4 is 57.6 Å². The molecule has 0 unspecified atom stereocenters. The molecule has 2 aromatic rings. The molecule has 1 aliphatic rings. The molecule has 0 spiro atoms. The Morgan fingerprint density at radius 1 is 1.24 bits per heavy atom. The third kappa shape index (κ3) is 3.00. The van der Waals surface area contributed by atoms with E-state index in [0.717, 1.165) is 5.69 Å². The fourth-order valence-electron chi connectivity index (χ4n) is 1.90. The standard InChI is InChI=1S/C15H9ClN2OS2/c16-10-4-3-6-12(8-10)18-14(19)13(21-15(18)20)9-11-5-1-2-7-17-11/h1-9H/b13-9-. The number of anilines is 1. The van der Waals surface area contributed by atoms with Crippen molar-refractivity contribution in [3.05, 3.63) is 64.3 Å². The molecular weight excluding hydrogens is 324 g/mol. The second-order valence-corrected chi connectivity index (χ2v) is 6.36. The lowest BCUT2D eigenvalue weighted by Gasteiger charge is -2.14. The minimum atomic E-state index is -0.155. The Morgan fingerprint density at radius 2 is 2.10 bits per heavy atom. The van der Waals surface area contributed by atoms with Gasteiger partial charge in [0.2, 0.25) is 0 Å². The van der Waals surface area contributed by atoms with Gasteiger partial charge >= 0.3 is 0 Å². The normalized spacial score (nSPS) is 16.8. The Hall–Kier alpha value is -1.69. The Kier molecular flexibility index (Phi) is 4.05. The number of rotatable bonds is 2. The van der Waals surface area contributed by atoms with E-state index in [2.05, 4.69) is 4.98 Å². The molecule has 6 heteroatoms. The predicted octanol–water partition coefficient (Wildman–Crippen LogP) is 4.14. The lowest BCUT2D eigenvalue weighted by Crippen LogP contribution is -2.27. The first-order chi connectivity index (χ1) is 10.1. The molecule has 21 heavy (non-hydrogen) atoms. The number of carbonyl (C=O) groups excluding carboxylic acids is 1. The molecule has 1 fully saturated rings. The molecule has 1 aromatic heterocycles. The van der Waals surface area contributed by atoms with E-state index in [1.807, 2.05) is 18.2 Å². The molecule has 1 amide bonds. The van der Waals surface area contributed by atoms with Gasteiger partial charge in [-0.15, -0.1) is 0 Å². The van der Waals surface area contributed by atoms with Crippen LogP contribution >= 0.6 is 35.6 Å². The van der Waals surface area contributed by atoms with Gasteiger partial charge in [0.05, 0.1) is 16.3 Å². The molecule has 0 N–H and O–H groups in total. The maximum Gasteiger partial charge on any atom is 0.270 e. The summed E-state index contributed by atoms with van der Waals surface area (Å²) in [4.78, 5) is 18.7. The van der Waals surface area contributed by atoms with Crippen LogP contribution < -0.4 is 4.90 Å². The van der Waals surface area contributed by atoms with Crippen molar-refractivity contribution in [2.75, 3.05) is 4.90 Å². The van der Waals surface area contributed by atoms with E-state index in [4.69, 9.17) is 23.8 Å². The van der Waals surface area contributed by atoms with E-state index in [-0.39, 0.29) is 5.91 Å². The highest BCUT2D eigenvalue weighted by molar-refractivity contribution is 8.27. The smallest absolute Gasteiger partial charge is 0.268 e. The van der Waals surface area contributed by atoms with Crippen LogP contribution in [0.3, 0.4) is 0 Å². The van der Waals surface area contributed by atoms with Gasteiger partial charge in [0.15, 0.2) is 4.32 Å². The molecule has 0 saturated carbocycles. The summed E-state index contributed by atoms with van der Waals surface area (Å²) < 4.78 is 0.490. The lowest BCUT2D eigenvalue weighted by atomic mass is 10.2. The molecule has 3 nitrogen and oxygen atoms in total. The number of aromatic nitrogens is 1. The van der Waals surface area contributed by atoms with E-state index in [1.165, 1.54) is 16.7 Å². The summed E-state index contributed by atoms with van der Waals surface area (Å²) in [6, 6.07) is 12.6. The first kappa shape index (κ1) is 14.3. The average Bonchev–Trinajstić information content (AvgIpc) is 2.74. The van der Waals surface area contributed by atoms with Crippen molar-refractivity contribution in [3.63, 3.8) is 0 Å². The Labute approximate surface area is 136 Å². The molecule has 0 atom stereocenters. The summed E-state index contributed by atoms with van der Waals surface area (Å²) in [5.74, 6) is -0.155. The van der Waals surface area contributed by atoms with Crippen molar-refractivity contribution in [3.8, 4) is 0 Å². The Morgan fingerprint density at radius 3 is 2.81 bits per heavy atom. The minimum Gasteiger partial charge on any atom is -0.268 e. The summed E-state index contributed by atoms with van der Waals surface area (Å²) in [6.45, 7) is 0. The van der Waals surface area contributed by atoms with Gasteiger partial charge in [0.1, 0.15) is 0 Å². The molecule has 0 radical (unpaired) electrons. The molecule has 1 aromatic carbocycles. The molecule has 1 saturated heterocycles. The van der Waals surface area contributed by atoms with Crippen LogP contribution in [0.25, 0.3) is 6.08 Å². The maximum absolute atomic E-state index is 12.5. The number of carbonyl (C=O) groups is 1. The Bertz CT molecular complexity index is 746. The molecule has 0 bridgehead atoms. The van der Waals surface area contributed by atoms with Crippen LogP contribution in [0, 0.1) is 0 Å². The van der Waals surface area contributed by atoms with Crippen molar-refractivity contribution in [1.82, 2.24) is 4.98 Å². The fourth-order valence-corrected chi connectivity index (χ4v) is 3.37. The molecule has 3 rings (SSSR count). The SMILES string of the molecule is O=C1/C(=C/c2ccccn2)SC(=S)N1c1cccc(Cl)c1. The first-order valence-electron chi connectivity index (χ1n) is 6.10. The van der Waals surface area contributed by atoms with E-state index in [0.29, 0.717) is 19.9 Å². The largest absolute Gasteiger partial charge is 0.270 e. The summed E-state index contributed by atoms with van der Waals surface area (Å²) in [5, 5.41) is 0.565. The van der Waals surface area contributed by atoms with Gasteiger partial charge in [-0.3, -0.25) is 14.7 Å². The number of benzene rings is 1. The van der Waals surface area contributed by atoms with Gasteiger partial charge in [-0.1, -0.05) is 47.7 Å². The number of nitrogens with zero attached hydrogens (tertiary/aromatic N) is 2. The zero-order chi connectivity index (χ0) is 14.8. The summed E-state index contributed by atoms with van der Waals surface area (Å²) >= 11 is 12.5. The number of thioether (sulfide) groups is 1. The third-order valence-corrected chi connectivity index (χ3v) is 4.36. The van der Waals surface area contributed by atoms with Crippen molar-refractivity contribution in [2.24, 2.45) is 0 Å². The summed E-state index contributed by atoms with van der Waals surface area (Å²) in [7, 11) is 0. The van der Waals surface area contributed by atoms with Crippen LogP contribution in [0.2, 0.25) is 5.02 Å². The van der Waals surface area contributed by atoms with Gasteiger partial charge in [0.25, 0.3) is 5.91 Å². The molecule has 1 aliphatic heterocycles. The predicted molar refractivity (Wildman–Crippen MR) is 91.3 cm³/mol. The summed E-state index contributed by atoms with van der Waals surface area (Å²) in [5.41, 5.74) is 1.40. The second-order valence-electron chi connectivity index (χ2n) is 4.25. The zero-order valence-electron chi connectivity index (χ0n) is 10.7. The number of hydrogen-bond acceptors (Lipinski definition) is 4. The maximum atomic E-state index is 12.5. The van der Waals surface area contributed by atoms with E-state index in [1.54, 1.807) is 36.5 Å².